The molecule has 0 aromatic carbocycles. The number of hydrazine groups is 1. The second kappa shape index (κ2) is 6.01. The topological polar surface area (TPSA) is 47.3 Å². The van der Waals surface area contributed by atoms with Crippen molar-refractivity contribution in [3.8, 4) is 0 Å². The van der Waals surface area contributed by atoms with Gasteiger partial charge in [0, 0.05) is 12.6 Å². The van der Waals surface area contributed by atoms with Crippen LogP contribution in [0, 0.1) is 0 Å². The monoisotopic (exact) mass is 132 g/mol. The maximum absolute atomic E-state index is 5.19. The first-order valence-corrected chi connectivity index (χ1v) is 3.39. The lowest BCUT2D eigenvalue weighted by Gasteiger charge is -2.11. The highest BCUT2D eigenvalue weighted by Crippen LogP contribution is 1.88. The molecular weight excluding hydrogens is 116 g/mol. The number of nitrogens with two attached hydrogens (primary N) is 1. The van der Waals surface area contributed by atoms with Gasteiger partial charge in [-0.2, -0.15) is 0 Å². The van der Waals surface area contributed by atoms with Crippen LogP contribution in [0.25, 0.3) is 0 Å². The molecule has 0 amide bonds. The normalized spacial score (nSPS) is 13.7. The van der Waals surface area contributed by atoms with Gasteiger partial charge in [-0.05, 0) is 13.3 Å². The van der Waals surface area contributed by atoms with Gasteiger partial charge in [0.05, 0.1) is 6.61 Å². The van der Waals surface area contributed by atoms with Crippen molar-refractivity contribution in [2.45, 2.75) is 26.3 Å². The fraction of sp³-hybridized carbons (Fsp3) is 1.00. The molecule has 0 saturated carbocycles. The van der Waals surface area contributed by atoms with Gasteiger partial charge in [-0.15, -0.1) is 0 Å². The molecule has 9 heavy (non-hydrogen) atoms. The number of nitrogens with one attached hydrogen (secondary N) is 1. The third-order valence-corrected chi connectivity index (χ3v) is 1.25. The Kier molecular flexibility index (Phi) is 5.93. The van der Waals surface area contributed by atoms with E-state index in [-0.39, 0.29) is 0 Å². The quantitative estimate of drug-likeness (QED) is 0.417. The molecule has 0 aromatic rings. The number of ether oxygens (including phenoxy) is 1. The van der Waals surface area contributed by atoms with Crippen molar-refractivity contribution in [2.24, 2.45) is 5.84 Å². The highest BCUT2D eigenvalue weighted by Gasteiger charge is 2.00. The van der Waals surface area contributed by atoms with E-state index >= 15 is 0 Å². The van der Waals surface area contributed by atoms with Crippen molar-refractivity contribution in [1.29, 1.82) is 0 Å². The van der Waals surface area contributed by atoms with Crippen LogP contribution >= 0.6 is 0 Å². The van der Waals surface area contributed by atoms with E-state index in [1.54, 1.807) is 0 Å². The lowest BCUT2D eigenvalue weighted by molar-refractivity contribution is 0.121. The summed E-state index contributed by atoms with van der Waals surface area (Å²) < 4.78 is 5.13. The van der Waals surface area contributed by atoms with Gasteiger partial charge in [-0.3, -0.25) is 11.3 Å². The van der Waals surface area contributed by atoms with Crippen LogP contribution < -0.4 is 11.3 Å². The van der Waals surface area contributed by atoms with Crippen LogP contribution in [0.4, 0.5) is 0 Å². The molecule has 56 valence electrons. The van der Waals surface area contributed by atoms with Crippen molar-refractivity contribution < 1.29 is 4.74 Å². The first-order chi connectivity index (χ1) is 4.35. The summed E-state index contributed by atoms with van der Waals surface area (Å²) in [5.41, 5.74) is 2.66. The van der Waals surface area contributed by atoms with E-state index in [1.165, 1.54) is 0 Å². The van der Waals surface area contributed by atoms with Crippen molar-refractivity contribution in [3.63, 3.8) is 0 Å². The molecule has 0 bridgehead atoms. The van der Waals surface area contributed by atoms with Crippen LogP contribution in [0.15, 0.2) is 0 Å². The molecule has 0 spiro atoms. The Morgan fingerprint density at radius 1 is 1.56 bits per heavy atom. The van der Waals surface area contributed by atoms with E-state index in [1.807, 2.05) is 6.92 Å². The third-order valence-electron chi connectivity index (χ3n) is 1.25. The fourth-order valence-corrected chi connectivity index (χ4v) is 0.544. The Hall–Kier alpha value is -0.120. The molecule has 3 N–H and O–H groups in total. The van der Waals surface area contributed by atoms with E-state index in [0.29, 0.717) is 12.6 Å². The highest BCUT2D eigenvalue weighted by molar-refractivity contribution is 4.57. The molecule has 0 heterocycles. The minimum absolute atomic E-state index is 0.310. The molecule has 0 aliphatic carbocycles. The predicted molar refractivity (Wildman–Crippen MR) is 37.9 cm³/mol. The van der Waals surface area contributed by atoms with Crippen LogP contribution in [0.1, 0.15) is 20.3 Å². The smallest absolute Gasteiger partial charge is 0.0632 e. The van der Waals surface area contributed by atoms with Crippen LogP contribution in [-0.4, -0.2) is 19.3 Å². The lowest BCUT2D eigenvalue weighted by atomic mass is 10.2. The van der Waals surface area contributed by atoms with Gasteiger partial charge in [0.2, 0.25) is 0 Å². The summed E-state index contributed by atoms with van der Waals surface area (Å²) in [6.07, 6.45) is 1.01. The zero-order valence-electron chi connectivity index (χ0n) is 6.18. The maximum atomic E-state index is 5.19. The fourth-order valence-electron chi connectivity index (χ4n) is 0.544. The van der Waals surface area contributed by atoms with Crippen molar-refractivity contribution in [1.82, 2.24) is 5.43 Å². The molecule has 1 atom stereocenters. The third kappa shape index (κ3) is 4.39. The summed E-state index contributed by atoms with van der Waals surface area (Å²) >= 11 is 0. The average Bonchev–Trinajstić information content (AvgIpc) is 1.91. The van der Waals surface area contributed by atoms with E-state index < -0.39 is 0 Å². The number of rotatable bonds is 5. The van der Waals surface area contributed by atoms with Crippen LogP contribution in [0.5, 0.6) is 0 Å². The second-order valence-corrected chi connectivity index (χ2v) is 1.93. The molecule has 0 fully saturated rings. The van der Waals surface area contributed by atoms with Crippen LogP contribution in [0.3, 0.4) is 0 Å². The summed E-state index contributed by atoms with van der Waals surface area (Å²) in [5.74, 6) is 5.19. The highest BCUT2D eigenvalue weighted by atomic mass is 16.5. The maximum Gasteiger partial charge on any atom is 0.0632 e. The predicted octanol–water partition coefficient (Wildman–Crippen LogP) is 0.265. The summed E-state index contributed by atoms with van der Waals surface area (Å²) in [4.78, 5) is 0. The number of hydrogen-bond donors (Lipinski definition) is 2. The molecule has 0 rings (SSSR count). The number of hydrogen-bond acceptors (Lipinski definition) is 3. The molecule has 1 unspecified atom stereocenters. The summed E-state index contributed by atoms with van der Waals surface area (Å²) in [7, 11) is 0. The van der Waals surface area contributed by atoms with Gasteiger partial charge in [0.15, 0.2) is 0 Å². The zero-order chi connectivity index (χ0) is 7.11. The van der Waals surface area contributed by atoms with Gasteiger partial charge in [-0.25, -0.2) is 0 Å². The van der Waals surface area contributed by atoms with Gasteiger partial charge < -0.3 is 4.74 Å². The molecule has 3 nitrogen and oxygen atoms in total. The molecule has 0 saturated heterocycles. The van der Waals surface area contributed by atoms with Gasteiger partial charge in [0.1, 0.15) is 0 Å². The minimum atomic E-state index is 0.310. The zero-order valence-corrected chi connectivity index (χ0v) is 6.18. The average molecular weight is 132 g/mol. The minimum Gasteiger partial charge on any atom is -0.380 e. The Labute approximate surface area is 56.5 Å². The first kappa shape index (κ1) is 8.88. The SMILES string of the molecule is CCOCC(CC)NN. The van der Waals surface area contributed by atoms with Crippen molar-refractivity contribution in [2.75, 3.05) is 13.2 Å². The van der Waals surface area contributed by atoms with E-state index in [2.05, 4.69) is 12.3 Å². The van der Waals surface area contributed by atoms with E-state index in [9.17, 15) is 0 Å². The Bertz CT molecular complexity index is 55.0. The molecule has 0 radical (unpaired) electrons. The van der Waals surface area contributed by atoms with Gasteiger partial charge >= 0.3 is 0 Å². The first-order valence-electron chi connectivity index (χ1n) is 3.39. The molecular formula is C6H16N2O. The standard InChI is InChI=1S/C6H16N2O/c1-3-6(8-7)5-9-4-2/h6,8H,3-5,7H2,1-2H3. The van der Waals surface area contributed by atoms with Crippen molar-refractivity contribution in [3.05, 3.63) is 0 Å². The van der Waals surface area contributed by atoms with Gasteiger partial charge in [-0.1, -0.05) is 6.92 Å². The molecule has 0 aliphatic heterocycles. The second-order valence-electron chi connectivity index (χ2n) is 1.93. The van der Waals surface area contributed by atoms with Crippen LogP contribution in [0.2, 0.25) is 0 Å². The molecule has 3 heteroatoms. The summed E-state index contributed by atoms with van der Waals surface area (Å²) in [5, 5.41) is 0. The van der Waals surface area contributed by atoms with Crippen LogP contribution in [-0.2, 0) is 4.74 Å². The van der Waals surface area contributed by atoms with E-state index in [4.69, 9.17) is 10.6 Å². The van der Waals surface area contributed by atoms with Crippen molar-refractivity contribution >= 4 is 0 Å². The molecule has 0 aromatic heterocycles. The van der Waals surface area contributed by atoms with E-state index in [0.717, 1.165) is 13.0 Å². The summed E-state index contributed by atoms with van der Waals surface area (Å²) in [6.45, 7) is 5.52. The Morgan fingerprint density at radius 3 is 2.56 bits per heavy atom. The Morgan fingerprint density at radius 2 is 2.22 bits per heavy atom. The summed E-state index contributed by atoms with van der Waals surface area (Å²) in [6, 6.07) is 0.310. The lowest BCUT2D eigenvalue weighted by Crippen LogP contribution is -2.38. The Balaban J connectivity index is 3.09. The molecule has 0 aliphatic rings. The largest absolute Gasteiger partial charge is 0.380 e. The van der Waals surface area contributed by atoms with Gasteiger partial charge in [0.25, 0.3) is 0 Å².